The van der Waals surface area contributed by atoms with Crippen LogP contribution < -0.4 is 10.6 Å². The quantitative estimate of drug-likeness (QED) is 0.848. The van der Waals surface area contributed by atoms with Gasteiger partial charge in [-0.1, -0.05) is 12.1 Å². The molecule has 0 radical (unpaired) electrons. The lowest BCUT2D eigenvalue weighted by Crippen LogP contribution is -2.41. The highest BCUT2D eigenvalue weighted by atomic mass is 16.2. The lowest BCUT2D eigenvalue weighted by molar-refractivity contribution is -0.121. The Morgan fingerprint density at radius 1 is 1.33 bits per heavy atom. The number of carbonyl (C=O) groups is 2. The van der Waals surface area contributed by atoms with Crippen LogP contribution in [0.2, 0.25) is 0 Å². The van der Waals surface area contributed by atoms with Crippen molar-refractivity contribution in [1.29, 1.82) is 0 Å². The molecule has 0 atom stereocenters. The van der Waals surface area contributed by atoms with Gasteiger partial charge in [-0.2, -0.15) is 0 Å². The van der Waals surface area contributed by atoms with Gasteiger partial charge < -0.3 is 15.5 Å². The number of hydrogen-bond donors (Lipinski definition) is 2. The Kier molecular flexibility index (Phi) is 5.33. The second-order valence-electron chi connectivity index (χ2n) is 5.14. The molecule has 1 heterocycles. The van der Waals surface area contributed by atoms with Gasteiger partial charge in [0.05, 0.1) is 6.54 Å². The lowest BCUT2D eigenvalue weighted by atomic mass is 9.95. The van der Waals surface area contributed by atoms with Crippen LogP contribution in [0.1, 0.15) is 35.3 Å². The zero-order valence-corrected chi connectivity index (χ0v) is 12.7. The third kappa shape index (κ3) is 3.61. The average molecular weight is 289 g/mol. The molecule has 0 aliphatic carbocycles. The third-order valence-electron chi connectivity index (χ3n) is 3.75. The first kappa shape index (κ1) is 15.5. The molecule has 2 amide bonds. The number of hydrogen-bond acceptors (Lipinski definition) is 3. The SMILES string of the molecule is CCNC(=O)CN(CC)C(=O)c1cccc2c1CCNC2. The first-order chi connectivity index (χ1) is 10.2. The van der Waals surface area contributed by atoms with Gasteiger partial charge in [-0.15, -0.1) is 0 Å². The fourth-order valence-electron chi connectivity index (χ4n) is 2.66. The molecular formula is C16H23N3O2. The molecule has 0 unspecified atom stereocenters. The Morgan fingerprint density at radius 2 is 2.14 bits per heavy atom. The molecule has 114 valence electrons. The summed E-state index contributed by atoms with van der Waals surface area (Å²) >= 11 is 0. The predicted molar refractivity (Wildman–Crippen MR) is 82.1 cm³/mol. The van der Waals surface area contributed by atoms with Crippen molar-refractivity contribution in [3.05, 3.63) is 34.9 Å². The molecular weight excluding hydrogens is 266 g/mol. The Bertz CT molecular complexity index is 528. The van der Waals surface area contributed by atoms with E-state index in [0.29, 0.717) is 13.1 Å². The van der Waals surface area contributed by atoms with E-state index in [0.717, 1.165) is 30.6 Å². The molecule has 0 bridgehead atoms. The third-order valence-corrected chi connectivity index (χ3v) is 3.75. The molecule has 2 rings (SSSR count). The summed E-state index contributed by atoms with van der Waals surface area (Å²) in [6.07, 6.45) is 0.857. The number of likely N-dealkylation sites (N-methyl/N-ethyl adjacent to an activating group) is 2. The van der Waals surface area contributed by atoms with Crippen molar-refractivity contribution >= 4 is 11.8 Å². The first-order valence-corrected chi connectivity index (χ1v) is 7.54. The molecule has 0 saturated heterocycles. The van der Waals surface area contributed by atoms with Gasteiger partial charge in [-0.25, -0.2) is 0 Å². The summed E-state index contributed by atoms with van der Waals surface area (Å²) in [6.45, 7) is 6.68. The topological polar surface area (TPSA) is 61.4 Å². The van der Waals surface area contributed by atoms with Crippen LogP contribution in [-0.4, -0.2) is 42.9 Å². The van der Waals surface area contributed by atoms with Crippen LogP contribution in [0.25, 0.3) is 0 Å². The van der Waals surface area contributed by atoms with Crippen LogP contribution in [0.15, 0.2) is 18.2 Å². The predicted octanol–water partition coefficient (Wildman–Crippen LogP) is 0.930. The minimum Gasteiger partial charge on any atom is -0.355 e. The first-order valence-electron chi connectivity index (χ1n) is 7.54. The highest BCUT2D eigenvalue weighted by molar-refractivity contribution is 5.98. The molecule has 5 heteroatoms. The molecule has 5 nitrogen and oxygen atoms in total. The fraction of sp³-hybridized carbons (Fsp3) is 0.500. The summed E-state index contributed by atoms with van der Waals surface area (Å²) in [6, 6.07) is 5.84. The van der Waals surface area contributed by atoms with Crippen molar-refractivity contribution < 1.29 is 9.59 Å². The maximum absolute atomic E-state index is 12.7. The van der Waals surface area contributed by atoms with Crippen molar-refractivity contribution in [3.8, 4) is 0 Å². The summed E-state index contributed by atoms with van der Waals surface area (Å²) in [5.74, 6) is -0.165. The van der Waals surface area contributed by atoms with Crippen LogP contribution in [0.3, 0.4) is 0 Å². The molecule has 1 aromatic rings. The molecule has 1 aliphatic heterocycles. The number of nitrogens with one attached hydrogen (secondary N) is 2. The van der Waals surface area contributed by atoms with Gasteiger partial charge in [-0.05, 0) is 44.0 Å². The van der Waals surface area contributed by atoms with Crippen LogP contribution in [0.5, 0.6) is 0 Å². The Labute approximate surface area is 125 Å². The van der Waals surface area contributed by atoms with Gasteiger partial charge in [-0.3, -0.25) is 9.59 Å². The largest absolute Gasteiger partial charge is 0.355 e. The van der Waals surface area contributed by atoms with E-state index in [-0.39, 0.29) is 18.4 Å². The summed E-state index contributed by atoms with van der Waals surface area (Å²) in [7, 11) is 0. The van der Waals surface area contributed by atoms with Crippen molar-refractivity contribution in [2.24, 2.45) is 0 Å². The van der Waals surface area contributed by atoms with Crippen LogP contribution >= 0.6 is 0 Å². The second kappa shape index (κ2) is 7.22. The molecule has 21 heavy (non-hydrogen) atoms. The smallest absolute Gasteiger partial charge is 0.254 e. The number of amides is 2. The standard InChI is InChI=1S/C16H23N3O2/c1-3-18-15(20)11-19(4-2)16(21)14-7-5-6-12-10-17-9-8-13(12)14/h5-7,17H,3-4,8-11H2,1-2H3,(H,18,20). The van der Waals surface area contributed by atoms with E-state index in [1.165, 1.54) is 5.56 Å². The van der Waals surface area contributed by atoms with Crippen LogP contribution in [-0.2, 0) is 17.8 Å². The van der Waals surface area contributed by atoms with E-state index < -0.39 is 0 Å². The zero-order chi connectivity index (χ0) is 15.2. The minimum absolute atomic E-state index is 0.0532. The maximum atomic E-state index is 12.7. The van der Waals surface area contributed by atoms with Gasteiger partial charge in [0.15, 0.2) is 0 Å². The van der Waals surface area contributed by atoms with E-state index in [9.17, 15) is 9.59 Å². The Balaban J connectivity index is 2.20. The Morgan fingerprint density at radius 3 is 2.86 bits per heavy atom. The van der Waals surface area contributed by atoms with Gasteiger partial charge >= 0.3 is 0 Å². The van der Waals surface area contributed by atoms with E-state index in [1.54, 1.807) is 4.90 Å². The summed E-state index contributed by atoms with van der Waals surface area (Å²) in [5.41, 5.74) is 3.04. The monoisotopic (exact) mass is 289 g/mol. The van der Waals surface area contributed by atoms with E-state index in [1.807, 2.05) is 26.0 Å². The zero-order valence-electron chi connectivity index (χ0n) is 12.7. The van der Waals surface area contributed by atoms with Gasteiger partial charge in [0.1, 0.15) is 0 Å². The number of benzene rings is 1. The van der Waals surface area contributed by atoms with Gasteiger partial charge in [0.25, 0.3) is 5.91 Å². The molecule has 0 saturated carbocycles. The molecule has 0 aromatic heterocycles. The number of nitrogens with zero attached hydrogens (tertiary/aromatic N) is 1. The molecule has 1 aliphatic rings. The van der Waals surface area contributed by atoms with E-state index >= 15 is 0 Å². The fourth-order valence-corrected chi connectivity index (χ4v) is 2.66. The highest BCUT2D eigenvalue weighted by Gasteiger charge is 2.22. The minimum atomic E-state index is -0.112. The Hall–Kier alpha value is -1.88. The van der Waals surface area contributed by atoms with Crippen LogP contribution in [0.4, 0.5) is 0 Å². The number of carbonyl (C=O) groups excluding carboxylic acids is 2. The molecule has 0 spiro atoms. The summed E-state index contributed by atoms with van der Waals surface area (Å²) in [5, 5.41) is 6.05. The van der Waals surface area contributed by atoms with Gasteiger partial charge in [0.2, 0.25) is 5.91 Å². The van der Waals surface area contributed by atoms with E-state index in [4.69, 9.17) is 0 Å². The molecule has 2 N–H and O–H groups in total. The summed E-state index contributed by atoms with van der Waals surface area (Å²) < 4.78 is 0. The van der Waals surface area contributed by atoms with E-state index in [2.05, 4.69) is 16.7 Å². The van der Waals surface area contributed by atoms with Gasteiger partial charge in [0, 0.05) is 25.2 Å². The number of fused-ring (bicyclic) bond motifs is 1. The highest BCUT2D eigenvalue weighted by Crippen LogP contribution is 2.20. The van der Waals surface area contributed by atoms with Crippen LogP contribution in [0, 0.1) is 0 Å². The normalized spacial score (nSPS) is 13.4. The number of rotatable bonds is 5. The van der Waals surface area contributed by atoms with Crippen molar-refractivity contribution in [2.45, 2.75) is 26.8 Å². The summed E-state index contributed by atoms with van der Waals surface area (Å²) in [4.78, 5) is 26.0. The molecule has 0 fully saturated rings. The van der Waals surface area contributed by atoms with Crippen molar-refractivity contribution in [1.82, 2.24) is 15.5 Å². The lowest BCUT2D eigenvalue weighted by Gasteiger charge is -2.24. The average Bonchev–Trinajstić information content (AvgIpc) is 2.51. The van der Waals surface area contributed by atoms with Crippen molar-refractivity contribution in [3.63, 3.8) is 0 Å². The second-order valence-corrected chi connectivity index (χ2v) is 5.14. The maximum Gasteiger partial charge on any atom is 0.254 e. The molecule has 1 aromatic carbocycles. The van der Waals surface area contributed by atoms with Crippen molar-refractivity contribution in [2.75, 3.05) is 26.2 Å².